The fourth-order valence-corrected chi connectivity index (χ4v) is 2.39. The lowest BCUT2D eigenvalue weighted by Crippen LogP contribution is -2.42. The minimum Gasteiger partial charge on any atom is -0.378 e. The molecule has 0 spiro atoms. The number of hydrogen-bond acceptors (Lipinski definition) is 3. The monoisotopic (exact) mass is 262 g/mol. The van der Waals surface area contributed by atoms with Crippen LogP contribution in [0.2, 0.25) is 0 Å². The summed E-state index contributed by atoms with van der Waals surface area (Å²) < 4.78 is 5.21. The van der Waals surface area contributed by atoms with E-state index in [0.29, 0.717) is 26.3 Å². The van der Waals surface area contributed by atoms with Crippen molar-refractivity contribution in [3.8, 4) is 0 Å². The Bertz CT molecular complexity index is 554. The van der Waals surface area contributed by atoms with Gasteiger partial charge in [0.2, 0.25) is 0 Å². The van der Waals surface area contributed by atoms with Crippen molar-refractivity contribution in [2.75, 3.05) is 26.3 Å². The molecule has 1 N–H and O–H groups in total. The maximum absolute atomic E-state index is 12.2. The van der Waals surface area contributed by atoms with E-state index in [1.807, 2.05) is 6.07 Å². The van der Waals surface area contributed by atoms with E-state index in [1.54, 1.807) is 11.0 Å². The third kappa shape index (κ3) is 2.30. The summed E-state index contributed by atoms with van der Waals surface area (Å²) in [6.07, 6.45) is 2.19. The normalized spacial score (nSPS) is 21.2. The van der Waals surface area contributed by atoms with Crippen LogP contribution in [0.1, 0.15) is 35.8 Å². The largest absolute Gasteiger partial charge is 0.378 e. The lowest BCUT2D eigenvalue weighted by molar-refractivity contribution is 0.0301. The number of aromatic amines is 1. The first-order valence-electron chi connectivity index (χ1n) is 6.71. The number of morpholine rings is 1. The molecule has 1 saturated heterocycles. The van der Waals surface area contributed by atoms with Crippen LogP contribution in [0, 0.1) is 0 Å². The van der Waals surface area contributed by atoms with Crippen LogP contribution < -0.4 is 5.56 Å². The van der Waals surface area contributed by atoms with Crippen LogP contribution in [0.3, 0.4) is 0 Å². The fourth-order valence-electron chi connectivity index (χ4n) is 2.39. The van der Waals surface area contributed by atoms with Gasteiger partial charge in [-0.25, -0.2) is 0 Å². The van der Waals surface area contributed by atoms with Crippen LogP contribution in [0.15, 0.2) is 16.9 Å². The standard InChI is InChI=1S/C14H18N2O3/c1-14(4-5-14)11-3-2-10(12(17)15-11)13(18)16-6-8-19-9-7-16/h2-3H,4-9H2,1H3,(H,15,17). The van der Waals surface area contributed by atoms with Crippen LogP contribution in [-0.2, 0) is 10.2 Å². The second-order valence-electron chi connectivity index (χ2n) is 5.58. The van der Waals surface area contributed by atoms with Gasteiger partial charge in [-0.1, -0.05) is 6.92 Å². The molecule has 5 heteroatoms. The smallest absolute Gasteiger partial charge is 0.261 e. The van der Waals surface area contributed by atoms with Crippen molar-refractivity contribution in [3.63, 3.8) is 0 Å². The lowest BCUT2D eigenvalue weighted by atomic mass is 10.0. The predicted molar refractivity (Wildman–Crippen MR) is 70.4 cm³/mol. The molecule has 1 amide bonds. The number of pyridine rings is 1. The average molecular weight is 262 g/mol. The predicted octanol–water partition coefficient (Wildman–Crippen LogP) is 0.899. The van der Waals surface area contributed by atoms with Crippen LogP contribution in [0.4, 0.5) is 0 Å². The van der Waals surface area contributed by atoms with Gasteiger partial charge in [0.25, 0.3) is 11.5 Å². The molecule has 0 atom stereocenters. The topological polar surface area (TPSA) is 62.4 Å². The zero-order valence-corrected chi connectivity index (χ0v) is 11.1. The Balaban J connectivity index is 1.84. The van der Waals surface area contributed by atoms with Crippen molar-refractivity contribution < 1.29 is 9.53 Å². The Morgan fingerprint density at radius 3 is 2.58 bits per heavy atom. The molecule has 2 fully saturated rings. The average Bonchev–Trinajstić information content (AvgIpc) is 3.18. The van der Waals surface area contributed by atoms with Crippen LogP contribution in [0.5, 0.6) is 0 Å². The van der Waals surface area contributed by atoms with Gasteiger partial charge in [-0.15, -0.1) is 0 Å². The van der Waals surface area contributed by atoms with Crippen molar-refractivity contribution in [2.45, 2.75) is 25.2 Å². The van der Waals surface area contributed by atoms with Crippen LogP contribution >= 0.6 is 0 Å². The lowest BCUT2D eigenvalue weighted by Gasteiger charge is -2.26. The van der Waals surface area contributed by atoms with E-state index in [2.05, 4.69) is 11.9 Å². The highest BCUT2D eigenvalue weighted by Gasteiger charge is 2.40. The van der Waals surface area contributed by atoms with Crippen molar-refractivity contribution in [3.05, 3.63) is 33.7 Å². The third-order valence-electron chi connectivity index (χ3n) is 4.09. The van der Waals surface area contributed by atoms with Crippen molar-refractivity contribution >= 4 is 5.91 Å². The Morgan fingerprint density at radius 1 is 1.32 bits per heavy atom. The molecule has 1 aromatic heterocycles. The fraction of sp³-hybridized carbons (Fsp3) is 0.571. The molecule has 0 radical (unpaired) electrons. The summed E-state index contributed by atoms with van der Waals surface area (Å²) in [5.41, 5.74) is 1.01. The molecule has 0 aromatic carbocycles. The molecule has 102 valence electrons. The van der Waals surface area contributed by atoms with Crippen LogP contribution in [-0.4, -0.2) is 42.1 Å². The molecule has 19 heavy (non-hydrogen) atoms. The number of carbonyl (C=O) groups excluding carboxylic acids is 1. The highest BCUT2D eigenvalue weighted by Crippen LogP contribution is 2.46. The summed E-state index contributed by atoms with van der Waals surface area (Å²) in [5, 5.41) is 0. The van der Waals surface area contributed by atoms with Crippen molar-refractivity contribution in [2.24, 2.45) is 0 Å². The molecule has 1 aliphatic heterocycles. The number of rotatable bonds is 2. The number of ether oxygens (including phenoxy) is 1. The number of aromatic nitrogens is 1. The van der Waals surface area contributed by atoms with Crippen molar-refractivity contribution in [1.82, 2.24) is 9.88 Å². The third-order valence-corrected chi connectivity index (χ3v) is 4.09. The summed E-state index contributed by atoms with van der Waals surface area (Å²) in [6.45, 7) is 4.32. The van der Waals surface area contributed by atoms with Gasteiger partial charge in [0.15, 0.2) is 0 Å². The zero-order chi connectivity index (χ0) is 13.5. The van der Waals surface area contributed by atoms with Crippen molar-refractivity contribution in [1.29, 1.82) is 0 Å². The Kier molecular flexibility index (Phi) is 2.93. The molecule has 5 nitrogen and oxygen atoms in total. The highest BCUT2D eigenvalue weighted by atomic mass is 16.5. The van der Waals surface area contributed by atoms with Gasteiger partial charge >= 0.3 is 0 Å². The molecule has 1 saturated carbocycles. The summed E-state index contributed by atoms with van der Waals surface area (Å²) in [6, 6.07) is 3.54. The summed E-state index contributed by atoms with van der Waals surface area (Å²) in [7, 11) is 0. The van der Waals surface area contributed by atoms with Gasteiger partial charge in [0.05, 0.1) is 13.2 Å². The van der Waals surface area contributed by atoms with Gasteiger partial charge in [-0.2, -0.15) is 0 Å². The maximum Gasteiger partial charge on any atom is 0.261 e. The van der Waals surface area contributed by atoms with E-state index in [9.17, 15) is 9.59 Å². The van der Waals surface area contributed by atoms with E-state index in [1.165, 1.54) is 0 Å². The summed E-state index contributed by atoms with van der Waals surface area (Å²) >= 11 is 0. The van der Waals surface area contributed by atoms with E-state index in [0.717, 1.165) is 18.5 Å². The molecular formula is C14H18N2O3. The number of nitrogens with zero attached hydrogens (tertiary/aromatic N) is 1. The summed E-state index contributed by atoms with van der Waals surface area (Å²) in [4.78, 5) is 28.8. The highest BCUT2D eigenvalue weighted by molar-refractivity contribution is 5.93. The Hall–Kier alpha value is -1.62. The molecule has 2 aliphatic rings. The zero-order valence-electron chi connectivity index (χ0n) is 11.1. The SMILES string of the molecule is CC1(c2ccc(C(=O)N3CCOCC3)c(=O)[nH]2)CC1. The number of H-pyrrole nitrogens is 1. The quantitative estimate of drug-likeness (QED) is 0.861. The Labute approximate surface area is 111 Å². The van der Waals surface area contributed by atoms with Gasteiger partial charge in [-0.05, 0) is 25.0 Å². The number of carbonyl (C=O) groups is 1. The van der Waals surface area contributed by atoms with Gasteiger partial charge in [0.1, 0.15) is 5.56 Å². The minimum atomic E-state index is -0.276. The van der Waals surface area contributed by atoms with E-state index >= 15 is 0 Å². The Morgan fingerprint density at radius 2 is 2.00 bits per heavy atom. The van der Waals surface area contributed by atoms with E-state index < -0.39 is 0 Å². The molecule has 1 aliphatic carbocycles. The minimum absolute atomic E-state index is 0.111. The molecule has 0 bridgehead atoms. The van der Waals surface area contributed by atoms with E-state index in [4.69, 9.17) is 4.74 Å². The van der Waals surface area contributed by atoms with Gasteiger partial charge in [-0.3, -0.25) is 9.59 Å². The first-order chi connectivity index (χ1) is 9.10. The molecule has 3 rings (SSSR count). The summed E-state index contributed by atoms with van der Waals surface area (Å²) in [5.74, 6) is -0.197. The molecule has 0 unspecified atom stereocenters. The number of hydrogen-bond donors (Lipinski definition) is 1. The molecular weight excluding hydrogens is 244 g/mol. The van der Waals surface area contributed by atoms with Gasteiger partial charge < -0.3 is 14.6 Å². The molecule has 1 aromatic rings. The second kappa shape index (κ2) is 4.49. The first kappa shape index (κ1) is 12.4. The van der Waals surface area contributed by atoms with E-state index in [-0.39, 0.29) is 22.4 Å². The number of amides is 1. The second-order valence-corrected chi connectivity index (χ2v) is 5.58. The molecule has 2 heterocycles. The van der Waals surface area contributed by atoms with Crippen LogP contribution in [0.25, 0.3) is 0 Å². The van der Waals surface area contributed by atoms with Gasteiger partial charge in [0, 0.05) is 24.2 Å². The maximum atomic E-state index is 12.2. The first-order valence-corrected chi connectivity index (χ1v) is 6.71. The number of nitrogens with one attached hydrogen (secondary N) is 1.